The highest BCUT2D eigenvalue weighted by Crippen LogP contribution is 2.38. The number of anilines is 2. The SMILES string of the molecule is CNc1nc(NCC2CC2C)c2cc(C)sc2n1. The van der Waals surface area contributed by atoms with Crippen molar-refractivity contribution in [2.75, 3.05) is 24.2 Å². The number of nitrogens with one attached hydrogen (secondary N) is 2. The molecule has 1 saturated carbocycles. The molecule has 2 heterocycles. The molecule has 2 aromatic rings. The first-order valence-electron chi connectivity index (χ1n) is 6.37. The molecule has 18 heavy (non-hydrogen) atoms. The Morgan fingerprint density at radius 1 is 1.44 bits per heavy atom. The fraction of sp³-hybridized carbons (Fsp3) is 0.538. The second kappa shape index (κ2) is 4.39. The van der Waals surface area contributed by atoms with Gasteiger partial charge in [-0.25, -0.2) is 4.98 Å². The molecule has 1 aliphatic rings. The van der Waals surface area contributed by atoms with Crippen molar-refractivity contribution in [2.45, 2.75) is 20.3 Å². The standard InChI is InChI=1S/C13H18N4S/c1-7-4-9(7)6-15-11-10-5-8(2)18-12(10)17-13(14-3)16-11/h5,7,9H,4,6H2,1-3H3,(H2,14,15,16,17). The third-order valence-electron chi connectivity index (χ3n) is 3.55. The summed E-state index contributed by atoms with van der Waals surface area (Å²) in [5, 5.41) is 7.65. The van der Waals surface area contributed by atoms with Crippen molar-refractivity contribution in [3.8, 4) is 0 Å². The van der Waals surface area contributed by atoms with Crippen molar-refractivity contribution >= 4 is 33.3 Å². The van der Waals surface area contributed by atoms with Gasteiger partial charge in [-0.05, 0) is 31.2 Å². The van der Waals surface area contributed by atoms with E-state index in [1.807, 2.05) is 7.05 Å². The molecule has 1 aliphatic carbocycles. The molecule has 0 spiro atoms. The molecule has 0 aromatic carbocycles. The van der Waals surface area contributed by atoms with Crippen LogP contribution in [0.4, 0.5) is 11.8 Å². The minimum atomic E-state index is 0.690. The van der Waals surface area contributed by atoms with Crippen LogP contribution in [-0.4, -0.2) is 23.6 Å². The molecule has 1 fully saturated rings. The van der Waals surface area contributed by atoms with Crippen LogP contribution >= 0.6 is 11.3 Å². The van der Waals surface area contributed by atoms with Crippen LogP contribution in [0.5, 0.6) is 0 Å². The zero-order chi connectivity index (χ0) is 12.7. The Hall–Kier alpha value is -1.36. The highest BCUT2D eigenvalue weighted by atomic mass is 32.1. The first-order chi connectivity index (χ1) is 8.67. The van der Waals surface area contributed by atoms with E-state index in [0.29, 0.717) is 5.95 Å². The first-order valence-corrected chi connectivity index (χ1v) is 7.19. The minimum absolute atomic E-state index is 0.690. The molecule has 4 nitrogen and oxygen atoms in total. The van der Waals surface area contributed by atoms with Crippen molar-refractivity contribution in [1.82, 2.24) is 9.97 Å². The van der Waals surface area contributed by atoms with Gasteiger partial charge in [-0.15, -0.1) is 11.3 Å². The molecule has 2 aromatic heterocycles. The summed E-state index contributed by atoms with van der Waals surface area (Å²) in [5.41, 5.74) is 0. The smallest absolute Gasteiger partial charge is 0.225 e. The Morgan fingerprint density at radius 3 is 2.89 bits per heavy atom. The van der Waals surface area contributed by atoms with Crippen molar-refractivity contribution in [3.05, 3.63) is 10.9 Å². The van der Waals surface area contributed by atoms with Gasteiger partial charge in [0.1, 0.15) is 10.6 Å². The molecule has 0 radical (unpaired) electrons. The van der Waals surface area contributed by atoms with E-state index < -0.39 is 0 Å². The van der Waals surface area contributed by atoms with Crippen molar-refractivity contribution in [2.24, 2.45) is 11.8 Å². The number of aromatic nitrogens is 2. The van der Waals surface area contributed by atoms with Gasteiger partial charge in [0, 0.05) is 18.5 Å². The molecule has 2 atom stereocenters. The summed E-state index contributed by atoms with van der Waals surface area (Å²) in [4.78, 5) is 11.3. The fourth-order valence-corrected chi connectivity index (χ4v) is 3.08. The zero-order valence-corrected chi connectivity index (χ0v) is 11.8. The topological polar surface area (TPSA) is 49.8 Å². The Morgan fingerprint density at radius 2 is 2.22 bits per heavy atom. The van der Waals surface area contributed by atoms with Gasteiger partial charge in [0.15, 0.2) is 0 Å². The number of aryl methyl sites for hydroxylation is 1. The maximum Gasteiger partial charge on any atom is 0.225 e. The number of nitrogens with zero attached hydrogens (tertiary/aromatic N) is 2. The van der Waals surface area contributed by atoms with Crippen molar-refractivity contribution in [3.63, 3.8) is 0 Å². The molecular formula is C13H18N4S. The van der Waals surface area contributed by atoms with Gasteiger partial charge >= 0.3 is 0 Å². The lowest BCUT2D eigenvalue weighted by molar-refractivity contribution is 0.785. The zero-order valence-electron chi connectivity index (χ0n) is 10.9. The summed E-state index contributed by atoms with van der Waals surface area (Å²) >= 11 is 1.72. The molecule has 96 valence electrons. The van der Waals surface area contributed by atoms with Gasteiger partial charge in [-0.2, -0.15) is 4.98 Å². The van der Waals surface area contributed by atoms with Gasteiger partial charge in [0.05, 0.1) is 5.39 Å². The van der Waals surface area contributed by atoms with Gasteiger partial charge < -0.3 is 10.6 Å². The van der Waals surface area contributed by atoms with E-state index in [4.69, 9.17) is 0 Å². The number of fused-ring (bicyclic) bond motifs is 1. The Balaban J connectivity index is 1.91. The minimum Gasteiger partial charge on any atom is -0.369 e. The van der Waals surface area contributed by atoms with E-state index in [0.717, 1.165) is 34.4 Å². The van der Waals surface area contributed by atoms with Crippen LogP contribution in [0.3, 0.4) is 0 Å². The number of hydrogen-bond acceptors (Lipinski definition) is 5. The lowest BCUT2D eigenvalue weighted by atomic mass is 10.3. The lowest BCUT2D eigenvalue weighted by Crippen LogP contribution is -2.08. The van der Waals surface area contributed by atoms with Crippen LogP contribution in [0.25, 0.3) is 10.2 Å². The average Bonchev–Trinajstić information content (AvgIpc) is 2.91. The molecule has 0 saturated heterocycles. The summed E-state index contributed by atoms with van der Waals surface area (Å²) in [6.07, 6.45) is 1.34. The summed E-state index contributed by atoms with van der Waals surface area (Å²) in [5.74, 6) is 3.33. The summed E-state index contributed by atoms with van der Waals surface area (Å²) in [6.45, 7) is 5.43. The second-order valence-electron chi connectivity index (χ2n) is 5.08. The lowest BCUT2D eigenvalue weighted by Gasteiger charge is -2.08. The highest BCUT2D eigenvalue weighted by molar-refractivity contribution is 7.18. The monoisotopic (exact) mass is 262 g/mol. The third-order valence-corrected chi connectivity index (χ3v) is 4.49. The maximum atomic E-state index is 4.53. The summed E-state index contributed by atoms with van der Waals surface area (Å²) < 4.78 is 0. The molecule has 0 aliphatic heterocycles. The van der Waals surface area contributed by atoms with Gasteiger partial charge in [0.2, 0.25) is 5.95 Å². The average molecular weight is 262 g/mol. The molecule has 2 N–H and O–H groups in total. The molecule has 0 bridgehead atoms. The molecular weight excluding hydrogens is 244 g/mol. The van der Waals surface area contributed by atoms with Gasteiger partial charge in [-0.1, -0.05) is 6.92 Å². The Kier molecular flexibility index (Phi) is 2.86. The van der Waals surface area contributed by atoms with Crippen LogP contribution in [-0.2, 0) is 0 Å². The summed E-state index contributed by atoms with van der Waals surface area (Å²) in [6, 6.07) is 2.16. The quantitative estimate of drug-likeness (QED) is 0.889. The van der Waals surface area contributed by atoms with Crippen LogP contribution in [0, 0.1) is 18.8 Å². The molecule has 5 heteroatoms. The third kappa shape index (κ3) is 2.14. The van der Waals surface area contributed by atoms with E-state index in [1.54, 1.807) is 11.3 Å². The van der Waals surface area contributed by atoms with Crippen molar-refractivity contribution < 1.29 is 0 Å². The van der Waals surface area contributed by atoms with Gasteiger partial charge in [-0.3, -0.25) is 0 Å². The Bertz CT molecular complexity index is 578. The van der Waals surface area contributed by atoms with Crippen LogP contribution in [0.15, 0.2) is 6.07 Å². The predicted molar refractivity (Wildman–Crippen MR) is 77.5 cm³/mol. The van der Waals surface area contributed by atoms with E-state index >= 15 is 0 Å². The molecule has 3 rings (SSSR count). The van der Waals surface area contributed by atoms with Gasteiger partial charge in [0.25, 0.3) is 0 Å². The second-order valence-corrected chi connectivity index (χ2v) is 6.31. The number of thiophene rings is 1. The number of hydrogen-bond donors (Lipinski definition) is 2. The van der Waals surface area contributed by atoms with E-state index in [9.17, 15) is 0 Å². The van der Waals surface area contributed by atoms with Crippen LogP contribution < -0.4 is 10.6 Å². The summed E-state index contributed by atoms with van der Waals surface area (Å²) in [7, 11) is 1.86. The largest absolute Gasteiger partial charge is 0.369 e. The number of rotatable bonds is 4. The molecule has 0 amide bonds. The normalized spacial score (nSPS) is 22.2. The fourth-order valence-electron chi connectivity index (χ4n) is 2.20. The predicted octanol–water partition coefficient (Wildman–Crippen LogP) is 3.11. The van der Waals surface area contributed by atoms with Crippen molar-refractivity contribution in [1.29, 1.82) is 0 Å². The molecule has 2 unspecified atom stereocenters. The van der Waals surface area contributed by atoms with Crippen LogP contribution in [0.1, 0.15) is 18.2 Å². The van der Waals surface area contributed by atoms with Crippen LogP contribution in [0.2, 0.25) is 0 Å². The first kappa shape index (κ1) is 11.7. The Labute approximate surface area is 111 Å². The van der Waals surface area contributed by atoms with E-state index in [-0.39, 0.29) is 0 Å². The highest BCUT2D eigenvalue weighted by Gasteiger charge is 2.32. The van der Waals surface area contributed by atoms with E-state index in [1.165, 1.54) is 11.3 Å². The van der Waals surface area contributed by atoms with E-state index in [2.05, 4.69) is 40.5 Å². The maximum absolute atomic E-state index is 4.53.